The highest BCUT2D eigenvalue weighted by Gasteiger charge is 2.35. The fourth-order valence-corrected chi connectivity index (χ4v) is 3.00. The summed E-state index contributed by atoms with van der Waals surface area (Å²) in [7, 11) is 0. The number of thioether (sulfide) groups is 1. The summed E-state index contributed by atoms with van der Waals surface area (Å²) < 4.78 is 0.143. The minimum absolute atomic E-state index is 0.143. The third kappa shape index (κ3) is 3.19. The number of aliphatic carboxylic acids is 1. The standard InChI is InChI=1S/C9H17NO2S/c1-9(2,3)13-6-4-5-10-7(6)8(11)12/h6-7,10H,4-5H2,1-3H3,(H,11,12). The van der Waals surface area contributed by atoms with Gasteiger partial charge >= 0.3 is 5.97 Å². The third-order valence-corrected chi connectivity index (χ3v) is 3.45. The lowest BCUT2D eigenvalue weighted by atomic mass is 10.2. The smallest absolute Gasteiger partial charge is 0.321 e. The molecule has 0 amide bonds. The minimum Gasteiger partial charge on any atom is -0.480 e. The van der Waals surface area contributed by atoms with Crippen LogP contribution in [-0.2, 0) is 4.79 Å². The van der Waals surface area contributed by atoms with Crippen molar-refractivity contribution in [1.82, 2.24) is 5.32 Å². The summed E-state index contributed by atoms with van der Waals surface area (Å²) in [5, 5.41) is 12.1. The maximum atomic E-state index is 10.8. The number of carbonyl (C=O) groups is 1. The highest BCUT2D eigenvalue weighted by molar-refractivity contribution is 8.01. The first-order valence-corrected chi connectivity index (χ1v) is 5.42. The zero-order chi connectivity index (χ0) is 10.1. The second kappa shape index (κ2) is 3.88. The maximum absolute atomic E-state index is 10.8. The van der Waals surface area contributed by atoms with Gasteiger partial charge in [0.2, 0.25) is 0 Å². The Hall–Kier alpha value is -0.220. The van der Waals surface area contributed by atoms with Crippen molar-refractivity contribution >= 4 is 17.7 Å². The van der Waals surface area contributed by atoms with E-state index in [1.54, 1.807) is 11.8 Å². The van der Waals surface area contributed by atoms with Gasteiger partial charge in [0.1, 0.15) is 6.04 Å². The van der Waals surface area contributed by atoms with Crippen molar-refractivity contribution in [1.29, 1.82) is 0 Å². The van der Waals surface area contributed by atoms with E-state index in [0.717, 1.165) is 13.0 Å². The predicted octanol–water partition coefficient (Wildman–Crippen LogP) is 1.33. The number of carboxylic acid groups (broad SMARTS) is 1. The molecule has 0 aliphatic carbocycles. The van der Waals surface area contributed by atoms with Crippen molar-refractivity contribution in [2.24, 2.45) is 0 Å². The van der Waals surface area contributed by atoms with Gasteiger partial charge in [-0.3, -0.25) is 4.79 Å². The number of carboxylic acids is 1. The normalized spacial score (nSPS) is 29.2. The van der Waals surface area contributed by atoms with E-state index in [2.05, 4.69) is 26.1 Å². The molecule has 4 heteroatoms. The Kier molecular flexibility index (Phi) is 3.24. The van der Waals surface area contributed by atoms with Gasteiger partial charge in [0.15, 0.2) is 0 Å². The largest absolute Gasteiger partial charge is 0.480 e. The van der Waals surface area contributed by atoms with Gasteiger partial charge < -0.3 is 10.4 Å². The van der Waals surface area contributed by atoms with Gasteiger partial charge in [0.05, 0.1) is 0 Å². The molecule has 3 nitrogen and oxygen atoms in total. The molecule has 2 unspecified atom stereocenters. The summed E-state index contributed by atoms with van der Waals surface area (Å²) in [5.74, 6) is -0.723. The van der Waals surface area contributed by atoms with Crippen LogP contribution < -0.4 is 5.32 Å². The molecule has 76 valence electrons. The zero-order valence-corrected chi connectivity index (χ0v) is 9.15. The maximum Gasteiger partial charge on any atom is 0.321 e. The highest BCUT2D eigenvalue weighted by atomic mass is 32.2. The molecule has 1 rings (SSSR count). The van der Waals surface area contributed by atoms with Crippen LogP contribution in [0.25, 0.3) is 0 Å². The van der Waals surface area contributed by atoms with Gasteiger partial charge in [-0.05, 0) is 13.0 Å². The Morgan fingerprint density at radius 1 is 1.54 bits per heavy atom. The molecule has 2 atom stereocenters. The van der Waals surface area contributed by atoms with Crippen molar-refractivity contribution in [2.75, 3.05) is 6.54 Å². The number of hydrogen-bond acceptors (Lipinski definition) is 3. The van der Waals surface area contributed by atoms with Gasteiger partial charge in [0, 0.05) is 10.00 Å². The summed E-state index contributed by atoms with van der Waals surface area (Å²) in [6.45, 7) is 7.18. The zero-order valence-electron chi connectivity index (χ0n) is 8.33. The molecule has 1 aliphatic heterocycles. The Morgan fingerprint density at radius 3 is 2.62 bits per heavy atom. The van der Waals surface area contributed by atoms with E-state index in [0.29, 0.717) is 0 Å². The lowest BCUT2D eigenvalue weighted by molar-refractivity contribution is -0.138. The molecular weight excluding hydrogens is 186 g/mol. The van der Waals surface area contributed by atoms with Crippen molar-refractivity contribution in [2.45, 2.75) is 43.2 Å². The van der Waals surface area contributed by atoms with Crippen LogP contribution in [0, 0.1) is 0 Å². The van der Waals surface area contributed by atoms with Crippen molar-refractivity contribution in [3.8, 4) is 0 Å². The molecule has 0 aromatic heterocycles. The van der Waals surface area contributed by atoms with Crippen LogP contribution in [0.2, 0.25) is 0 Å². The van der Waals surface area contributed by atoms with E-state index in [1.807, 2.05) is 0 Å². The molecule has 1 aliphatic rings. The Balaban J connectivity index is 2.54. The molecule has 2 N–H and O–H groups in total. The Bertz CT molecular complexity index is 200. The molecular formula is C9H17NO2S. The molecule has 0 aromatic carbocycles. The lowest BCUT2D eigenvalue weighted by Gasteiger charge is -2.24. The van der Waals surface area contributed by atoms with E-state index in [1.165, 1.54) is 0 Å². The fourth-order valence-electron chi connectivity index (χ4n) is 1.51. The minimum atomic E-state index is -0.723. The quantitative estimate of drug-likeness (QED) is 0.711. The summed E-state index contributed by atoms with van der Waals surface area (Å²) in [6.07, 6.45) is 0.957. The van der Waals surface area contributed by atoms with Crippen molar-refractivity contribution in [3.63, 3.8) is 0 Å². The van der Waals surface area contributed by atoms with Crippen molar-refractivity contribution < 1.29 is 9.90 Å². The summed E-state index contributed by atoms with van der Waals surface area (Å²) in [5.41, 5.74) is 0. The van der Waals surface area contributed by atoms with Gasteiger partial charge in [-0.25, -0.2) is 0 Å². The molecule has 1 fully saturated rings. The fraction of sp³-hybridized carbons (Fsp3) is 0.889. The van der Waals surface area contributed by atoms with Gasteiger partial charge in [0.25, 0.3) is 0 Å². The average Bonchev–Trinajstić information content (AvgIpc) is 2.31. The molecule has 0 spiro atoms. The van der Waals surface area contributed by atoms with E-state index in [4.69, 9.17) is 5.11 Å². The van der Waals surface area contributed by atoms with Gasteiger partial charge in [-0.15, -0.1) is 0 Å². The van der Waals surface area contributed by atoms with E-state index >= 15 is 0 Å². The van der Waals surface area contributed by atoms with Crippen LogP contribution >= 0.6 is 11.8 Å². The van der Waals surface area contributed by atoms with Crippen LogP contribution in [0.15, 0.2) is 0 Å². The molecule has 0 bridgehead atoms. The molecule has 0 aromatic rings. The van der Waals surface area contributed by atoms with Crippen LogP contribution in [0.5, 0.6) is 0 Å². The second-order valence-corrected chi connectivity index (χ2v) is 6.39. The Labute approximate surface area is 83.3 Å². The SMILES string of the molecule is CC(C)(C)SC1CCNC1C(=O)O. The van der Waals surface area contributed by atoms with E-state index in [-0.39, 0.29) is 16.0 Å². The summed E-state index contributed by atoms with van der Waals surface area (Å²) in [6, 6.07) is -0.357. The first-order valence-electron chi connectivity index (χ1n) is 4.54. The molecule has 13 heavy (non-hydrogen) atoms. The Morgan fingerprint density at radius 2 is 2.15 bits per heavy atom. The van der Waals surface area contributed by atoms with Crippen LogP contribution in [-0.4, -0.2) is 33.7 Å². The monoisotopic (exact) mass is 203 g/mol. The van der Waals surface area contributed by atoms with Crippen LogP contribution in [0.4, 0.5) is 0 Å². The molecule has 1 heterocycles. The van der Waals surface area contributed by atoms with Crippen molar-refractivity contribution in [3.05, 3.63) is 0 Å². The van der Waals surface area contributed by atoms with Crippen LogP contribution in [0.3, 0.4) is 0 Å². The van der Waals surface area contributed by atoms with E-state index in [9.17, 15) is 4.79 Å². The average molecular weight is 203 g/mol. The first-order chi connectivity index (χ1) is 5.90. The number of nitrogens with one attached hydrogen (secondary N) is 1. The topological polar surface area (TPSA) is 49.3 Å². The molecule has 0 saturated carbocycles. The third-order valence-electron chi connectivity index (χ3n) is 1.94. The van der Waals surface area contributed by atoms with Gasteiger partial charge in [-0.1, -0.05) is 20.8 Å². The first kappa shape index (κ1) is 10.9. The summed E-state index contributed by atoms with van der Waals surface area (Å²) in [4.78, 5) is 10.8. The molecule has 0 radical (unpaired) electrons. The number of hydrogen-bond donors (Lipinski definition) is 2. The second-order valence-electron chi connectivity index (χ2n) is 4.33. The summed E-state index contributed by atoms with van der Waals surface area (Å²) >= 11 is 1.76. The van der Waals surface area contributed by atoms with E-state index < -0.39 is 5.97 Å². The molecule has 1 saturated heterocycles. The number of rotatable bonds is 2. The lowest BCUT2D eigenvalue weighted by Crippen LogP contribution is -2.38. The highest BCUT2D eigenvalue weighted by Crippen LogP contribution is 2.33. The van der Waals surface area contributed by atoms with Gasteiger partial charge in [-0.2, -0.15) is 11.8 Å². The van der Waals surface area contributed by atoms with Crippen LogP contribution in [0.1, 0.15) is 27.2 Å². The predicted molar refractivity (Wildman–Crippen MR) is 55.2 cm³/mol.